The number of aryl methyl sites for hydroxylation is 1. The molecule has 2 rings (SSSR count). The second-order valence-corrected chi connectivity index (χ2v) is 7.27. The average molecular weight is 304 g/mol. The molecule has 2 aromatic rings. The molecule has 0 heterocycles. The second kappa shape index (κ2) is 6.39. The molecule has 0 saturated heterocycles. The van der Waals surface area contributed by atoms with Gasteiger partial charge in [0.15, 0.2) is 9.84 Å². The van der Waals surface area contributed by atoms with E-state index in [0.717, 1.165) is 11.1 Å². The van der Waals surface area contributed by atoms with E-state index in [1.165, 1.54) is 11.8 Å². The van der Waals surface area contributed by atoms with Crippen molar-refractivity contribution >= 4 is 9.84 Å². The zero-order valence-electron chi connectivity index (χ0n) is 12.2. The molecular weight excluding hydrogens is 284 g/mol. The van der Waals surface area contributed by atoms with Crippen LogP contribution in [0.25, 0.3) is 0 Å². The maximum Gasteiger partial charge on any atom is 0.175 e. The summed E-state index contributed by atoms with van der Waals surface area (Å²) in [5.74, 6) is 5.65. The molecule has 2 aromatic carbocycles. The Morgan fingerprint density at radius 2 is 1.86 bits per heavy atom. The monoisotopic (exact) mass is 304 g/mol. The molecule has 0 fully saturated rings. The van der Waals surface area contributed by atoms with Crippen molar-refractivity contribution in [3.05, 3.63) is 65.2 Å². The molecule has 0 amide bonds. The third kappa shape index (κ3) is 4.14. The molecule has 5 heteroatoms. The topological polar surface area (TPSA) is 72.2 Å². The van der Waals surface area contributed by atoms with Gasteiger partial charge in [-0.25, -0.2) is 8.42 Å². The summed E-state index contributed by atoms with van der Waals surface area (Å²) in [6.07, 6.45) is 1.91. The van der Waals surface area contributed by atoms with Gasteiger partial charge >= 0.3 is 0 Å². The molecule has 21 heavy (non-hydrogen) atoms. The molecule has 0 aliphatic heterocycles. The van der Waals surface area contributed by atoms with Gasteiger partial charge in [-0.15, -0.1) is 0 Å². The average Bonchev–Trinajstić information content (AvgIpc) is 2.44. The molecule has 0 saturated carbocycles. The molecule has 112 valence electrons. The molecular formula is C16H20N2O2S. The summed E-state index contributed by atoms with van der Waals surface area (Å²) in [5.41, 5.74) is 5.98. The highest BCUT2D eigenvalue weighted by atomic mass is 32.2. The summed E-state index contributed by atoms with van der Waals surface area (Å²) >= 11 is 0. The lowest BCUT2D eigenvalue weighted by Crippen LogP contribution is -2.29. The molecule has 4 nitrogen and oxygen atoms in total. The Bertz CT molecular complexity index is 727. The lowest BCUT2D eigenvalue weighted by molar-refractivity contribution is 0.550. The first-order valence-electron chi connectivity index (χ1n) is 6.72. The fourth-order valence-corrected chi connectivity index (χ4v) is 2.99. The van der Waals surface area contributed by atoms with Crippen LogP contribution in [0.4, 0.5) is 0 Å². The van der Waals surface area contributed by atoms with Crippen molar-refractivity contribution < 1.29 is 8.42 Å². The van der Waals surface area contributed by atoms with Crippen molar-refractivity contribution in [3.63, 3.8) is 0 Å². The van der Waals surface area contributed by atoms with Crippen molar-refractivity contribution in [1.82, 2.24) is 5.43 Å². The van der Waals surface area contributed by atoms with Crippen molar-refractivity contribution in [1.29, 1.82) is 0 Å². The molecule has 1 atom stereocenters. The normalized spacial score (nSPS) is 13.1. The first kappa shape index (κ1) is 15.7. The maximum atomic E-state index is 11.6. The van der Waals surface area contributed by atoms with Gasteiger partial charge in [0.25, 0.3) is 0 Å². The lowest BCUT2D eigenvalue weighted by atomic mass is 9.98. The van der Waals surface area contributed by atoms with Gasteiger partial charge in [0.1, 0.15) is 0 Å². The zero-order valence-corrected chi connectivity index (χ0v) is 13.0. The van der Waals surface area contributed by atoms with Crippen LogP contribution >= 0.6 is 0 Å². The quantitative estimate of drug-likeness (QED) is 0.656. The first-order valence-corrected chi connectivity index (χ1v) is 8.61. The van der Waals surface area contributed by atoms with E-state index in [-0.39, 0.29) is 6.04 Å². The number of nitrogens with one attached hydrogen (secondary N) is 1. The van der Waals surface area contributed by atoms with Gasteiger partial charge in [-0.3, -0.25) is 11.3 Å². The van der Waals surface area contributed by atoms with Crippen LogP contribution in [0, 0.1) is 6.92 Å². The van der Waals surface area contributed by atoms with Gasteiger partial charge in [-0.05, 0) is 36.6 Å². The van der Waals surface area contributed by atoms with Crippen molar-refractivity contribution in [3.8, 4) is 0 Å². The minimum atomic E-state index is -3.22. The molecule has 3 N–H and O–H groups in total. The molecule has 0 radical (unpaired) electrons. The van der Waals surface area contributed by atoms with Gasteiger partial charge in [-0.2, -0.15) is 0 Å². The van der Waals surface area contributed by atoms with Crippen LogP contribution in [-0.2, 0) is 16.3 Å². The Labute approximate surface area is 125 Å². The van der Waals surface area contributed by atoms with E-state index in [2.05, 4.69) is 11.5 Å². The number of nitrogens with two attached hydrogens (primary N) is 1. The van der Waals surface area contributed by atoms with Crippen LogP contribution in [0.2, 0.25) is 0 Å². The van der Waals surface area contributed by atoms with Crippen LogP contribution in [0.3, 0.4) is 0 Å². The fraction of sp³-hybridized carbons (Fsp3) is 0.250. The van der Waals surface area contributed by atoms with E-state index in [1.807, 2.05) is 31.2 Å². The van der Waals surface area contributed by atoms with E-state index in [0.29, 0.717) is 11.3 Å². The standard InChI is InChI=1S/C16H20N2O2S/c1-12-5-3-6-13(9-12)10-16(18-17)14-7-4-8-15(11-14)21(2,19)20/h3-9,11,16,18H,10,17H2,1-2H3. The summed E-state index contributed by atoms with van der Waals surface area (Å²) in [6.45, 7) is 2.04. The van der Waals surface area contributed by atoms with Crippen molar-refractivity contribution in [2.45, 2.75) is 24.3 Å². The number of benzene rings is 2. The molecule has 0 spiro atoms. The van der Waals surface area contributed by atoms with Gasteiger partial charge < -0.3 is 0 Å². The summed E-state index contributed by atoms with van der Waals surface area (Å²) in [7, 11) is -3.22. The summed E-state index contributed by atoms with van der Waals surface area (Å²) in [6, 6.07) is 15.0. The third-order valence-corrected chi connectivity index (χ3v) is 4.52. The third-order valence-electron chi connectivity index (χ3n) is 3.41. The molecule has 0 aliphatic carbocycles. The van der Waals surface area contributed by atoms with Gasteiger partial charge in [-0.1, -0.05) is 42.0 Å². The Balaban J connectivity index is 2.29. The van der Waals surface area contributed by atoms with Crippen LogP contribution in [0.1, 0.15) is 22.7 Å². The van der Waals surface area contributed by atoms with Gasteiger partial charge in [0.2, 0.25) is 0 Å². The van der Waals surface area contributed by atoms with Crippen LogP contribution in [0.5, 0.6) is 0 Å². The predicted octanol–water partition coefficient (Wildman–Crippen LogP) is 2.15. The summed E-state index contributed by atoms with van der Waals surface area (Å²) in [4.78, 5) is 0.310. The Kier molecular flexibility index (Phi) is 4.77. The number of hydrogen-bond donors (Lipinski definition) is 2. The second-order valence-electron chi connectivity index (χ2n) is 5.26. The SMILES string of the molecule is Cc1cccc(CC(NN)c2cccc(S(C)(=O)=O)c2)c1. The molecule has 0 aromatic heterocycles. The number of sulfone groups is 1. The lowest BCUT2D eigenvalue weighted by Gasteiger charge is -2.17. The van der Waals surface area contributed by atoms with Gasteiger partial charge in [0.05, 0.1) is 10.9 Å². The van der Waals surface area contributed by atoms with E-state index in [9.17, 15) is 8.42 Å². The highest BCUT2D eigenvalue weighted by Crippen LogP contribution is 2.21. The minimum absolute atomic E-state index is 0.131. The fourth-order valence-electron chi connectivity index (χ4n) is 2.31. The van der Waals surface area contributed by atoms with E-state index in [4.69, 9.17) is 5.84 Å². The Morgan fingerprint density at radius 3 is 2.48 bits per heavy atom. The maximum absolute atomic E-state index is 11.6. The zero-order chi connectivity index (χ0) is 15.5. The highest BCUT2D eigenvalue weighted by molar-refractivity contribution is 7.90. The largest absolute Gasteiger partial charge is 0.271 e. The first-order chi connectivity index (χ1) is 9.90. The van der Waals surface area contributed by atoms with E-state index >= 15 is 0 Å². The predicted molar refractivity (Wildman–Crippen MR) is 84.5 cm³/mol. The van der Waals surface area contributed by atoms with Crippen molar-refractivity contribution in [2.24, 2.45) is 5.84 Å². The van der Waals surface area contributed by atoms with Crippen molar-refractivity contribution in [2.75, 3.05) is 6.26 Å². The number of hydrazine groups is 1. The van der Waals surface area contributed by atoms with Crippen LogP contribution in [0.15, 0.2) is 53.4 Å². The smallest absolute Gasteiger partial charge is 0.175 e. The minimum Gasteiger partial charge on any atom is -0.271 e. The summed E-state index contributed by atoms with van der Waals surface area (Å²) in [5, 5.41) is 0. The number of hydrogen-bond acceptors (Lipinski definition) is 4. The Hall–Kier alpha value is -1.69. The van der Waals surface area contributed by atoms with E-state index in [1.54, 1.807) is 18.2 Å². The summed E-state index contributed by atoms with van der Waals surface area (Å²) < 4.78 is 23.3. The molecule has 0 bridgehead atoms. The molecule has 1 unspecified atom stereocenters. The van der Waals surface area contributed by atoms with Crippen LogP contribution < -0.4 is 11.3 Å². The number of rotatable bonds is 5. The Morgan fingerprint density at radius 1 is 1.14 bits per heavy atom. The van der Waals surface area contributed by atoms with E-state index < -0.39 is 9.84 Å². The molecule has 0 aliphatic rings. The van der Waals surface area contributed by atoms with Gasteiger partial charge in [0, 0.05) is 6.26 Å². The van der Waals surface area contributed by atoms with Crippen LogP contribution in [-0.4, -0.2) is 14.7 Å². The highest BCUT2D eigenvalue weighted by Gasteiger charge is 2.14.